The fourth-order valence-corrected chi connectivity index (χ4v) is 11.6. The van der Waals surface area contributed by atoms with Gasteiger partial charge < -0.3 is 35.6 Å². The summed E-state index contributed by atoms with van der Waals surface area (Å²) in [6, 6.07) is -2.99. The molecule has 2 heterocycles. The van der Waals surface area contributed by atoms with Crippen molar-refractivity contribution in [1.29, 1.82) is 0 Å². The standard InChI is InChI=1S/C41H63N5O8/c1-39(2,3)54-30(47)13-14-42-36(50)34(48)29(12-11-27-22-53-27)43-35(49)33-31-28(40(31,4)5)21-46(33)37(51)32(26-9-7-6-8-10-26)44-38(52)45-41-18-23-15-24(19-41)17-25(16-23)20-41/h23-29,31-33H,6-22H2,1-5H3,(H,42,50)(H,43,49)(H2,44,45,52)/t23?,24?,25?,27?,28-,29?,31-,32-,33-,41?/m0/s1. The summed E-state index contributed by atoms with van der Waals surface area (Å²) in [4.78, 5) is 83.5. The molecular formula is C41H63N5O8. The van der Waals surface area contributed by atoms with Crippen molar-refractivity contribution in [1.82, 2.24) is 26.2 Å². The molecule has 54 heavy (non-hydrogen) atoms. The average molecular weight is 754 g/mol. The highest BCUT2D eigenvalue weighted by Crippen LogP contribution is 2.65. The van der Waals surface area contributed by atoms with Gasteiger partial charge in [-0.25, -0.2) is 4.79 Å². The van der Waals surface area contributed by atoms with Crippen LogP contribution in [0.3, 0.4) is 0 Å². The van der Waals surface area contributed by atoms with E-state index in [-0.39, 0.29) is 66.1 Å². The minimum atomic E-state index is -1.13. The van der Waals surface area contributed by atoms with Crippen molar-refractivity contribution in [2.75, 3.05) is 19.7 Å². The summed E-state index contributed by atoms with van der Waals surface area (Å²) in [5, 5.41) is 12.0. The van der Waals surface area contributed by atoms with E-state index >= 15 is 0 Å². The van der Waals surface area contributed by atoms with Crippen LogP contribution in [0.2, 0.25) is 0 Å². The second-order valence-electron chi connectivity index (χ2n) is 19.6. The maximum atomic E-state index is 14.8. The highest BCUT2D eigenvalue weighted by molar-refractivity contribution is 6.38. The van der Waals surface area contributed by atoms with Gasteiger partial charge in [-0.05, 0) is 126 Å². The number of epoxide rings is 1. The molecule has 0 aromatic heterocycles. The number of fused-ring (bicyclic) bond motifs is 1. The first kappa shape index (κ1) is 39.0. The van der Waals surface area contributed by atoms with Gasteiger partial charge in [-0.15, -0.1) is 0 Å². The summed E-state index contributed by atoms with van der Waals surface area (Å²) in [6.07, 6.45) is 12.1. The van der Waals surface area contributed by atoms with E-state index in [9.17, 15) is 28.8 Å². The number of rotatable bonds is 14. The molecule has 0 aromatic rings. The highest BCUT2D eigenvalue weighted by Gasteiger charge is 2.70. The molecule has 6 atom stereocenters. The lowest BCUT2D eigenvalue weighted by Crippen LogP contribution is -2.64. The lowest BCUT2D eigenvalue weighted by atomic mass is 9.53. The van der Waals surface area contributed by atoms with E-state index in [0.29, 0.717) is 37.3 Å². The van der Waals surface area contributed by atoms with Gasteiger partial charge in [0.05, 0.1) is 25.2 Å². The zero-order valence-electron chi connectivity index (χ0n) is 33.0. The fourth-order valence-electron chi connectivity index (χ4n) is 11.6. The smallest absolute Gasteiger partial charge is 0.315 e. The topological polar surface area (TPSA) is 176 Å². The number of esters is 1. The SMILES string of the molecule is CC(C)(C)OC(=O)CCNC(=O)C(=O)C(CCC1CO1)NC(=O)[C@@H]1[C@@H]2[C@H](CN1C(=O)[C@@H](NC(=O)NC13CC4CC(CC(C4)C1)C3)C1CCCCC1)C2(C)C. The Morgan fingerprint density at radius 3 is 2.13 bits per heavy atom. The molecule has 0 radical (unpaired) electrons. The predicted molar refractivity (Wildman–Crippen MR) is 199 cm³/mol. The molecule has 300 valence electrons. The van der Waals surface area contributed by atoms with Crippen molar-refractivity contribution in [2.45, 2.75) is 160 Å². The third kappa shape index (κ3) is 8.60. The van der Waals surface area contributed by atoms with Gasteiger partial charge in [0.15, 0.2) is 0 Å². The van der Waals surface area contributed by atoms with Crippen LogP contribution < -0.4 is 21.3 Å². The van der Waals surface area contributed by atoms with Crippen molar-refractivity contribution in [3.05, 3.63) is 0 Å². The molecule has 2 saturated heterocycles. The number of nitrogens with zero attached hydrogens (tertiary/aromatic N) is 1. The second kappa shape index (κ2) is 15.0. The molecule has 5 amide bonds. The molecule has 13 nitrogen and oxygen atoms in total. The van der Waals surface area contributed by atoms with Crippen molar-refractivity contribution in [3.63, 3.8) is 0 Å². The maximum Gasteiger partial charge on any atom is 0.315 e. The number of Topliss-reactive ketones (excluding diaryl/α,β-unsaturated/α-hetero) is 1. The van der Waals surface area contributed by atoms with Crippen LogP contribution in [0.5, 0.6) is 0 Å². The van der Waals surface area contributed by atoms with Crippen molar-refractivity contribution in [2.24, 2.45) is 40.9 Å². The van der Waals surface area contributed by atoms with E-state index in [4.69, 9.17) is 9.47 Å². The number of amides is 5. The number of piperidine rings is 1. The van der Waals surface area contributed by atoms with Gasteiger partial charge in [0.1, 0.15) is 17.7 Å². The molecular weight excluding hydrogens is 690 g/mol. The Balaban J connectivity index is 1.04. The lowest BCUT2D eigenvalue weighted by Gasteiger charge is -2.56. The number of urea groups is 1. The molecule has 6 aliphatic carbocycles. The van der Waals surface area contributed by atoms with Gasteiger partial charge in [0, 0.05) is 18.6 Å². The Morgan fingerprint density at radius 2 is 1.54 bits per heavy atom. The predicted octanol–water partition coefficient (Wildman–Crippen LogP) is 3.77. The Bertz CT molecular complexity index is 1460. The Morgan fingerprint density at radius 1 is 0.907 bits per heavy atom. The number of carbonyl (C=O) groups excluding carboxylic acids is 6. The molecule has 4 bridgehead atoms. The van der Waals surface area contributed by atoms with Crippen LogP contribution in [-0.4, -0.2) is 95.5 Å². The van der Waals surface area contributed by atoms with E-state index in [1.54, 1.807) is 25.7 Å². The first-order valence-electron chi connectivity index (χ1n) is 20.9. The van der Waals surface area contributed by atoms with Crippen LogP contribution in [0.15, 0.2) is 0 Å². The van der Waals surface area contributed by atoms with Gasteiger partial charge in [-0.3, -0.25) is 24.0 Å². The third-order valence-corrected chi connectivity index (χ3v) is 13.9. The number of hydrogen-bond acceptors (Lipinski definition) is 8. The highest BCUT2D eigenvalue weighted by atomic mass is 16.6. The van der Waals surface area contributed by atoms with Gasteiger partial charge in [0.2, 0.25) is 17.6 Å². The summed E-state index contributed by atoms with van der Waals surface area (Å²) >= 11 is 0. The molecule has 2 unspecified atom stereocenters. The van der Waals surface area contributed by atoms with Crippen molar-refractivity contribution >= 4 is 35.5 Å². The molecule has 4 N–H and O–H groups in total. The van der Waals surface area contributed by atoms with Crippen molar-refractivity contribution < 1.29 is 38.2 Å². The van der Waals surface area contributed by atoms with Gasteiger partial charge >= 0.3 is 12.0 Å². The summed E-state index contributed by atoms with van der Waals surface area (Å²) in [6.45, 7) is 10.3. The van der Waals surface area contributed by atoms with Crippen LogP contribution in [0.1, 0.15) is 125 Å². The second-order valence-corrected chi connectivity index (χ2v) is 19.6. The summed E-state index contributed by atoms with van der Waals surface area (Å²) in [7, 11) is 0. The van der Waals surface area contributed by atoms with Crippen LogP contribution in [0.25, 0.3) is 0 Å². The van der Waals surface area contributed by atoms with Gasteiger partial charge in [-0.2, -0.15) is 0 Å². The number of nitrogens with one attached hydrogen (secondary N) is 4. The normalized spacial score (nSPS) is 34.2. The van der Waals surface area contributed by atoms with Crippen LogP contribution in [0, 0.1) is 40.9 Å². The minimum Gasteiger partial charge on any atom is -0.460 e. The molecule has 8 rings (SSSR count). The summed E-state index contributed by atoms with van der Waals surface area (Å²) in [5.41, 5.74) is -1.05. The number of ether oxygens (including phenoxy) is 2. The molecule has 0 spiro atoms. The summed E-state index contributed by atoms with van der Waals surface area (Å²) < 4.78 is 10.7. The van der Waals surface area contributed by atoms with Crippen LogP contribution >= 0.6 is 0 Å². The molecule has 0 aromatic carbocycles. The molecule has 8 fully saturated rings. The van der Waals surface area contributed by atoms with Gasteiger partial charge in [0.25, 0.3) is 5.91 Å². The lowest BCUT2D eigenvalue weighted by molar-refractivity contribution is -0.154. The zero-order valence-corrected chi connectivity index (χ0v) is 33.0. The minimum absolute atomic E-state index is 0.0285. The molecule has 6 saturated carbocycles. The van der Waals surface area contributed by atoms with E-state index in [1.807, 2.05) is 0 Å². The van der Waals surface area contributed by atoms with Gasteiger partial charge in [-0.1, -0.05) is 33.1 Å². The first-order chi connectivity index (χ1) is 25.5. The molecule has 8 aliphatic rings. The largest absolute Gasteiger partial charge is 0.460 e. The first-order valence-corrected chi connectivity index (χ1v) is 20.9. The Labute approximate surface area is 319 Å². The number of carbonyl (C=O) groups is 6. The van der Waals surface area contributed by atoms with Crippen LogP contribution in [-0.2, 0) is 33.4 Å². The number of ketones is 1. The number of likely N-dealkylation sites (tertiary alicyclic amines) is 1. The van der Waals surface area contributed by atoms with E-state index in [2.05, 4.69) is 35.1 Å². The van der Waals surface area contributed by atoms with E-state index in [0.717, 1.165) is 51.4 Å². The monoisotopic (exact) mass is 753 g/mol. The average Bonchev–Trinajstić information content (AvgIpc) is 3.95. The number of hydrogen-bond donors (Lipinski definition) is 4. The fraction of sp³-hybridized carbons (Fsp3) is 0.854. The quantitative estimate of drug-likeness (QED) is 0.118. The Kier molecular flexibility index (Phi) is 10.9. The molecule has 13 heteroatoms. The van der Waals surface area contributed by atoms with Crippen molar-refractivity contribution in [3.8, 4) is 0 Å². The van der Waals surface area contributed by atoms with Crippen LogP contribution in [0.4, 0.5) is 4.79 Å². The van der Waals surface area contributed by atoms with E-state index in [1.165, 1.54) is 19.3 Å². The summed E-state index contributed by atoms with van der Waals surface area (Å²) in [5.74, 6) is -0.918. The zero-order chi connectivity index (χ0) is 38.6. The maximum absolute atomic E-state index is 14.8. The van der Waals surface area contributed by atoms with E-state index < -0.39 is 47.3 Å². The molecule has 2 aliphatic heterocycles. The third-order valence-electron chi connectivity index (χ3n) is 13.9. The Hall–Kier alpha value is -3.22.